The maximum atomic E-state index is 11.1. The van der Waals surface area contributed by atoms with Crippen molar-refractivity contribution in [3.05, 3.63) is 35.4 Å². The summed E-state index contributed by atoms with van der Waals surface area (Å²) in [7, 11) is 1.33. The van der Waals surface area contributed by atoms with Crippen LogP contribution in [0.1, 0.15) is 17.2 Å². The molecule has 13 heavy (non-hydrogen) atoms. The molecule has 0 fully saturated rings. The Bertz CT molecular complexity index is 310. The van der Waals surface area contributed by atoms with Gasteiger partial charge in [0.05, 0.1) is 7.11 Å². The van der Waals surface area contributed by atoms with Gasteiger partial charge in [-0.15, -0.1) is 0 Å². The van der Waals surface area contributed by atoms with Crippen LogP contribution in [0.25, 0.3) is 0 Å². The van der Waals surface area contributed by atoms with E-state index in [2.05, 4.69) is 4.74 Å². The molecule has 0 bridgehead atoms. The van der Waals surface area contributed by atoms with Crippen molar-refractivity contribution in [3.63, 3.8) is 0 Å². The molecule has 1 atom stereocenters. The van der Waals surface area contributed by atoms with Crippen molar-refractivity contribution in [2.75, 3.05) is 7.11 Å². The summed E-state index contributed by atoms with van der Waals surface area (Å²) in [6, 6.07) is 6.84. The third kappa shape index (κ3) is 2.29. The first-order valence-electron chi connectivity index (χ1n) is 4.05. The van der Waals surface area contributed by atoms with Crippen molar-refractivity contribution >= 4 is 5.97 Å². The van der Waals surface area contributed by atoms with Crippen molar-refractivity contribution in [2.45, 2.75) is 13.0 Å². The molecule has 0 aliphatic rings. The second-order valence-electron chi connectivity index (χ2n) is 2.91. The molecule has 0 amide bonds. The summed E-state index contributed by atoms with van der Waals surface area (Å²) < 4.78 is 4.54. The van der Waals surface area contributed by atoms with E-state index in [0.29, 0.717) is 0 Å². The van der Waals surface area contributed by atoms with Crippen LogP contribution < -0.4 is 5.73 Å². The van der Waals surface area contributed by atoms with Crippen LogP contribution in [0.5, 0.6) is 0 Å². The SMILES string of the molecule is COC(=O)C(N)c1cccc(C)c1. The molecule has 3 heteroatoms. The van der Waals surface area contributed by atoms with Crippen LogP contribution in [0, 0.1) is 6.92 Å². The lowest BCUT2D eigenvalue weighted by Crippen LogP contribution is -2.22. The number of rotatable bonds is 2. The quantitative estimate of drug-likeness (QED) is 0.693. The molecule has 0 heterocycles. The van der Waals surface area contributed by atoms with Crippen LogP contribution in [0.2, 0.25) is 0 Å². The van der Waals surface area contributed by atoms with E-state index in [1.54, 1.807) is 0 Å². The Morgan fingerprint density at radius 2 is 2.23 bits per heavy atom. The van der Waals surface area contributed by atoms with E-state index in [1.165, 1.54) is 7.11 Å². The lowest BCUT2D eigenvalue weighted by Gasteiger charge is -2.09. The van der Waals surface area contributed by atoms with Gasteiger partial charge in [0, 0.05) is 0 Å². The fourth-order valence-corrected chi connectivity index (χ4v) is 1.13. The van der Waals surface area contributed by atoms with E-state index in [0.717, 1.165) is 11.1 Å². The molecule has 0 radical (unpaired) electrons. The van der Waals surface area contributed by atoms with Crippen LogP contribution in [0.3, 0.4) is 0 Å². The Morgan fingerprint density at radius 3 is 2.77 bits per heavy atom. The van der Waals surface area contributed by atoms with Gasteiger partial charge in [0.25, 0.3) is 0 Å². The van der Waals surface area contributed by atoms with Gasteiger partial charge in [-0.05, 0) is 12.5 Å². The zero-order valence-corrected chi connectivity index (χ0v) is 7.78. The Morgan fingerprint density at radius 1 is 1.54 bits per heavy atom. The second kappa shape index (κ2) is 4.05. The number of benzene rings is 1. The minimum absolute atomic E-state index is 0.411. The molecule has 0 spiro atoms. The summed E-state index contributed by atoms with van der Waals surface area (Å²) >= 11 is 0. The topological polar surface area (TPSA) is 52.3 Å². The van der Waals surface area contributed by atoms with Crippen molar-refractivity contribution in [1.82, 2.24) is 0 Å². The van der Waals surface area contributed by atoms with E-state index in [1.807, 2.05) is 31.2 Å². The van der Waals surface area contributed by atoms with Gasteiger partial charge >= 0.3 is 5.97 Å². The molecule has 1 rings (SSSR count). The number of aryl methyl sites for hydroxylation is 1. The number of methoxy groups -OCH3 is 1. The van der Waals surface area contributed by atoms with Crippen LogP contribution in [-0.2, 0) is 9.53 Å². The molecule has 0 saturated carbocycles. The van der Waals surface area contributed by atoms with Crippen molar-refractivity contribution in [2.24, 2.45) is 5.73 Å². The first-order valence-corrected chi connectivity index (χ1v) is 4.05. The van der Waals surface area contributed by atoms with Gasteiger partial charge in [0.2, 0.25) is 0 Å². The molecule has 2 N–H and O–H groups in total. The van der Waals surface area contributed by atoms with Gasteiger partial charge in [-0.2, -0.15) is 0 Å². The minimum Gasteiger partial charge on any atom is -0.468 e. The zero-order chi connectivity index (χ0) is 9.84. The number of carbonyl (C=O) groups excluding carboxylic acids is 1. The number of nitrogens with two attached hydrogens (primary N) is 1. The Kier molecular flexibility index (Phi) is 3.03. The monoisotopic (exact) mass is 179 g/mol. The fraction of sp³-hybridized carbons (Fsp3) is 0.300. The third-order valence-electron chi connectivity index (χ3n) is 1.86. The highest BCUT2D eigenvalue weighted by Gasteiger charge is 2.15. The smallest absolute Gasteiger partial charge is 0.327 e. The Balaban J connectivity index is 2.88. The fourth-order valence-electron chi connectivity index (χ4n) is 1.13. The summed E-state index contributed by atoms with van der Waals surface area (Å²) in [6.45, 7) is 1.95. The third-order valence-corrected chi connectivity index (χ3v) is 1.86. The Labute approximate surface area is 77.5 Å². The van der Waals surface area contributed by atoms with Crippen molar-refractivity contribution < 1.29 is 9.53 Å². The largest absolute Gasteiger partial charge is 0.468 e. The lowest BCUT2D eigenvalue weighted by molar-refractivity contribution is -0.142. The van der Waals surface area contributed by atoms with Gasteiger partial charge in [-0.1, -0.05) is 29.8 Å². The standard InChI is InChI=1S/C10H13NO2/c1-7-4-3-5-8(6-7)9(11)10(12)13-2/h3-6,9H,11H2,1-2H3. The maximum Gasteiger partial charge on any atom is 0.327 e. The van der Waals surface area contributed by atoms with Gasteiger partial charge < -0.3 is 10.5 Å². The predicted octanol–water partition coefficient (Wildman–Crippen LogP) is 1.17. The van der Waals surface area contributed by atoms with E-state index in [4.69, 9.17) is 5.73 Å². The van der Waals surface area contributed by atoms with Gasteiger partial charge in [0.1, 0.15) is 6.04 Å². The molecule has 1 aromatic rings. The zero-order valence-electron chi connectivity index (χ0n) is 7.78. The predicted molar refractivity (Wildman–Crippen MR) is 50.1 cm³/mol. The van der Waals surface area contributed by atoms with E-state index >= 15 is 0 Å². The number of carbonyl (C=O) groups is 1. The molecule has 1 aromatic carbocycles. The van der Waals surface area contributed by atoms with Crippen LogP contribution >= 0.6 is 0 Å². The van der Waals surface area contributed by atoms with Crippen LogP contribution in [0.4, 0.5) is 0 Å². The normalized spacial score (nSPS) is 12.2. The molecule has 3 nitrogen and oxygen atoms in total. The molecule has 70 valence electrons. The molecule has 0 aliphatic carbocycles. The number of hydrogen-bond acceptors (Lipinski definition) is 3. The van der Waals surface area contributed by atoms with Gasteiger partial charge in [-0.3, -0.25) is 4.79 Å². The summed E-state index contributed by atoms with van der Waals surface area (Å²) in [5.41, 5.74) is 7.51. The van der Waals surface area contributed by atoms with E-state index in [-0.39, 0.29) is 0 Å². The average Bonchev–Trinajstić information content (AvgIpc) is 2.15. The maximum absolute atomic E-state index is 11.1. The average molecular weight is 179 g/mol. The molecule has 0 saturated heterocycles. The Hall–Kier alpha value is -1.35. The molecule has 1 unspecified atom stereocenters. The second-order valence-corrected chi connectivity index (χ2v) is 2.91. The van der Waals surface area contributed by atoms with E-state index < -0.39 is 12.0 Å². The lowest BCUT2D eigenvalue weighted by atomic mass is 10.1. The summed E-state index contributed by atoms with van der Waals surface area (Å²) in [6.07, 6.45) is 0. The molecule has 0 aliphatic heterocycles. The first-order chi connectivity index (χ1) is 6.15. The number of ether oxygens (including phenoxy) is 1. The molecular formula is C10H13NO2. The van der Waals surface area contributed by atoms with E-state index in [9.17, 15) is 4.79 Å². The molecular weight excluding hydrogens is 166 g/mol. The highest BCUT2D eigenvalue weighted by atomic mass is 16.5. The first kappa shape index (κ1) is 9.74. The molecule has 0 aromatic heterocycles. The summed E-state index contributed by atoms with van der Waals surface area (Å²) in [5, 5.41) is 0. The van der Waals surface area contributed by atoms with Crippen LogP contribution in [-0.4, -0.2) is 13.1 Å². The minimum atomic E-state index is -0.676. The van der Waals surface area contributed by atoms with Gasteiger partial charge in [0.15, 0.2) is 0 Å². The highest BCUT2D eigenvalue weighted by Crippen LogP contribution is 2.12. The van der Waals surface area contributed by atoms with Crippen molar-refractivity contribution in [3.8, 4) is 0 Å². The van der Waals surface area contributed by atoms with Crippen LogP contribution in [0.15, 0.2) is 24.3 Å². The number of hydrogen-bond donors (Lipinski definition) is 1. The van der Waals surface area contributed by atoms with Crippen molar-refractivity contribution in [1.29, 1.82) is 0 Å². The highest BCUT2D eigenvalue weighted by molar-refractivity contribution is 5.77. The van der Waals surface area contributed by atoms with Gasteiger partial charge in [-0.25, -0.2) is 0 Å². The summed E-state index contributed by atoms with van der Waals surface area (Å²) in [4.78, 5) is 11.1. The number of esters is 1. The summed E-state index contributed by atoms with van der Waals surface area (Å²) in [5.74, 6) is -0.411.